The Morgan fingerprint density at radius 2 is 2.19 bits per heavy atom. The van der Waals surface area contributed by atoms with E-state index in [0.29, 0.717) is 26.1 Å². The quantitative estimate of drug-likeness (QED) is 0.885. The summed E-state index contributed by atoms with van der Waals surface area (Å²) in [6.45, 7) is 8.02. The van der Waals surface area contributed by atoms with Crippen molar-refractivity contribution in [3.05, 3.63) is 18.0 Å². The number of aromatic nitrogens is 2. The first kappa shape index (κ1) is 16.0. The average Bonchev–Trinajstić information content (AvgIpc) is 2.98. The minimum Gasteiger partial charge on any atom is -0.383 e. The standard InChI is InChI=1S/C15H26N4O2/c1-15(2,3)19-13(20)7-11(8-16)14(19)12-9-17-18(10-12)5-6-21-4/h9-11,14H,5-8,16H2,1-4H3. The van der Waals surface area contributed by atoms with Crippen LogP contribution in [0.1, 0.15) is 38.8 Å². The number of amides is 1. The molecule has 0 saturated carbocycles. The second-order valence-electron chi connectivity index (χ2n) is 6.61. The first-order valence-corrected chi connectivity index (χ1v) is 7.42. The van der Waals surface area contributed by atoms with E-state index >= 15 is 0 Å². The second-order valence-corrected chi connectivity index (χ2v) is 6.61. The SMILES string of the molecule is COCCn1cc(C2C(CN)CC(=O)N2C(C)(C)C)cn1. The Morgan fingerprint density at radius 3 is 2.76 bits per heavy atom. The van der Waals surface area contributed by atoms with E-state index in [4.69, 9.17) is 10.5 Å². The fourth-order valence-electron chi connectivity index (χ4n) is 3.06. The van der Waals surface area contributed by atoms with Gasteiger partial charge in [-0.05, 0) is 27.3 Å². The molecule has 2 unspecified atom stereocenters. The van der Waals surface area contributed by atoms with Gasteiger partial charge in [0.1, 0.15) is 0 Å². The molecule has 2 rings (SSSR count). The highest BCUT2D eigenvalue weighted by Crippen LogP contribution is 2.41. The third-order valence-electron chi connectivity index (χ3n) is 3.97. The van der Waals surface area contributed by atoms with E-state index in [1.165, 1.54) is 0 Å². The van der Waals surface area contributed by atoms with E-state index in [1.807, 2.05) is 22.0 Å². The van der Waals surface area contributed by atoms with E-state index in [-0.39, 0.29) is 23.4 Å². The van der Waals surface area contributed by atoms with Gasteiger partial charge in [0, 0.05) is 36.7 Å². The summed E-state index contributed by atoms with van der Waals surface area (Å²) in [5.41, 5.74) is 6.73. The molecule has 1 aromatic heterocycles. The lowest BCUT2D eigenvalue weighted by Crippen LogP contribution is -2.44. The van der Waals surface area contributed by atoms with Gasteiger partial charge in [-0.1, -0.05) is 0 Å². The van der Waals surface area contributed by atoms with E-state index in [9.17, 15) is 4.79 Å². The molecule has 1 aliphatic heterocycles. The van der Waals surface area contributed by atoms with Crippen LogP contribution in [0.5, 0.6) is 0 Å². The summed E-state index contributed by atoms with van der Waals surface area (Å²) >= 11 is 0. The zero-order valence-electron chi connectivity index (χ0n) is 13.4. The zero-order valence-corrected chi connectivity index (χ0v) is 13.4. The summed E-state index contributed by atoms with van der Waals surface area (Å²) in [6, 6.07) is 0.0128. The van der Waals surface area contributed by atoms with Crippen molar-refractivity contribution in [3.8, 4) is 0 Å². The van der Waals surface area contributed by atoms with Gasteiger partial charge >= 0.3 is 0 Å². The van der Waals surface area contributed by atoms with Crippen molar-refractivity contribution >= 4 is 5.91 Å². The molecule has 118 valence electrons. The van der Waals surface area contributed by atoms with Crippen LogP contribution in [-0.4, -0.2) is 46.4 Å². The smallest absolute Gasteiger partial charge is 0.223 e. The van der Waals surface area contributed by atoms with Crippen LogP contribution in [0, 0.1) is 5.92 Å². The summed E-state index contributed by atoms with van der Waals surface area (Å²) in [6.07, 6.45) is 4.37. The third-order valence-corrected chi connectivity index (χ3v) is 3.97. The van der Waals surface area contributed by atoms with Gasteiger partial charge in [0.2, 0.25) is 5.91 Å². The monoisotopic (exact) mass is 294 g/mol. The van der Waals surface area contributed by atoms with Crippen molar-refractivity contribution in [3.63, 3.8) is 0 Å². The summed E-state index contributed by atoms with van der Waals surface area (Å²) < 4.78 is 6.93. The van der Waals surface area contributed by atoms with Crippen LogP contribution in [0.4, 0.5) is 0 Å². The lowest BCUT2D eigenvalue weighted by atomic mass is 9.93. The van der Waals surface area contributed by atoms with Gasteiger partial charge in [-0.2, -0.15) is 5.10 Å². The molecule has 1 fully saturated rings. The Hall–Kier alpha value is -1.40. The Kier molecular flexibility index (Phi) is 4.68. The Morgan fingerprint density at radius 1 is 1.48 bits per heavy atom. The highest BCUT2D eigenvalue weighted by Gasteiger charge is 2.45. The van der Waals surface area contributed by atoms with E-state index in [0.717, 1.165) is 5.56 Å². The molecule has 0 aromatic carbocycles. The fraction of sp³-hybridized carbons (Fsp3) is 0.733. The fourth-order valence-corrected chi connectivity index (χ4v) is 3.06. The molecule has 1 aromatic rings. The van der Waals surface area contributed by atoms with Gasteiger partial charge in [0.15, 0.2) is 0 Å². The maximum absolute atomic E-state index is 12.4. The summed E-state index contributed by atoms with van der Waals surface area (Å²) in [4.78, 5) is 14.3. The molecule has 0 bridgehead atoms. The van der Waals surface area contributed by atoms with E-state index in [2.05, 4.69) is 25.9 Å². The van der Waals surface area contributed by atoms with Crippen molar-refractivity contribution < 1.29 is 9.53 Å². The van der Waals surface area contributed by atoms with Gasteiger partial charge in [-0.15, -0.1) is 0 Å². The molecule has 1 aliphatic rings. The molecule has 1 amide bonds. The minimum atomic E-state index is -0.222. The number of hydrogen-bond acceptors (Lipinski definition) is 4. The molecule has 0 radical (unpaired) electrons. The van der Waals surface area contributed by atoms with Gasteiger partial charge in [0.05, 0.1) is 25.4 Å². The van der Waals surface area contributed by atoms with Crippen molar-refractivity contribution in [1.82, 2.24) is 14.7 Å². The predicted octanol–water partition coefficient (Wildman–Crippen LogP) is 1.18. The molecule has 6 nitrogen and oxygen atoms in total. The first-order valence-electron chi connectivity index (χ1n) is 7.42. The van der Waals surface area contributed by atoms with Crippen LogP contribution in [-0.2, 0) is 16.1 Å². The normalized spacial score (nSPS) is 23.1. The van der Waals surface area contributed by atoms with Crippen molar-refractivity contribution in [2.75, 3.05) is 20.3 Å². The molecular weight excluding hydrogens is 268 g/mol. The summed E-state index contributed by atoms with van der Waals surface area (Å²) in [5.74, 6) is 0.324. The van der Waals surface area contributed by atoms with Crippen LogP contribution in [0.2, 0.25) is 0 Å². The first-order chi connectivity index (χ1) is 9.88. The number of ether oxygens (including phenoxy) is 1. The van der Waals surface area contributed by atoms with Crippen LogP contribution in [0.25, 0.3) is 0 Å². The molecule has 1 saturated heterocycles. The third kappa shape index (κ3) is 3.27. The highest BCUT2D eigenvalue weighted by atomic mass is 16.5. The maximum atomic E-state index is 12.4. The number of nitrogens with two attached hydrogens (primary N) is 1. The lowest BCUT2D eigenvalue weighted by molar-refractivity contribution is -0.133. The van der Waals surface area contributed by atoms with Crippen LogP contribution < -0.4 is 5.73 Å². The number of nitrogens with zero attached hydrogens (tertiary/aromatic N) is 3. The number of methoxy groups -OCH3 is 1. The molecule has 2 heterocycles. The molecular formula is C15H26N4O2. The predicted molar refractivity (Wildman–Crippen MR) is 80.6 cm³/mol. The molecule has 2 atom stereocenters. The van der Waals surface area contributed by atoms with Crippen molar-refractivity contribution in [1.29, 1.82) is 0 Å². The van der Waals surface area contributed by atoms with E-state index < -0.39 is 0 Å². The molecule has 21 heavy (non-hydrogen) atoms. The lowest BCUT2D eigenvalue weighted by Gasteiger charge is -2.38. The van der Waals surface area contributed by atoms with Gasteiger partial charge in [0.25, 0.3) is 0 Å². The number of carbonyl (C=O) groups is 1. The average molecular weight is 294 g/mol. The maximum Gasteiger partial charge on any atom is 0.223 e. The Bertz CT molecular complexity index is 492. The number of hydrogen-bond donors (Lipinski definition) is 1. The van der Waals surface area contributed by atoms with Crippen molar-refractivity contribution in [2.45, 2.75) is 45.3 Å². The minimum absolute atomic E-state index is 0.0128. The van der Waals surface area contributed by atoms with Gasteiger partial charge in [-0.3, -0.25) is 9.48 Å². The molecule has 0 aliphatic carbocycles. The summed E-state index contributed by atoms with van der Waals surface area (Å²) in [7, 11) is 1.67. The molecule has 6 heteroatoms. The van der Waals surface area contributed by atoms with Crippen LogP contribution in [0.15, 0.2) is 12.4 Å². The second kappa shape index (κ2) is 6.15. The molecule has 2 N–H and O–H groups in total. The van der Waals surface area contributed by atoms with Crippen molar-refractivity contribution in [2.24, 2.45) is 11.7 Å². The number of carbonyl (C=O) groups excluding carboxylic acids is 1. The largest absolute Gasteiger partial charge is 0.383 e. The van der Waals surface area contributed by atoms with Gasteiger partial charge < -0.3 is 15.4 Å². The van der Waals surface area contributed by atoms with Crippen LogP contribution in [0.3, 0.4) is 0 Å². The molecule has 0 spiro atoms. The highest BCUT2D eigenvalue weighted by molar-refractivity contribution is 5.80. The Labute approximate surface area is 126 Å². The number of rotatable bonds is 5. The number of likely N-dealkylation sites (tertiary alicyclic amines) is 1. The summed E-state index contributed by atoms with van der Waals surface area (Å²) in [5, 5.41) is 4.37. The van der Waals surface area contributed by atoms with Crippen LogP contribution >= 0.6 is 0 Å². The zero-order chi connectivity index (χ0) is 15.6. The van der Waals surface area contributed by atoms with Gasteiger partial charge in [-0.25, -0.2) is 0 Å². The topological polar surface area (TPSA) is 73.4 Å². The Balaban J connectivity index is 2.28. The van der Waals surface area contributed by atoms with E-state index in [1.54, 1.807) is 7.11 Å².